The molecule has 114 valence electrons. The van der Waals surface area contributed by atoms with Gasteiger partial charge in [-0.15, -0.1) is 12.4 Å². The summed E-state index contributed by atoms with van der Waals surface area (Å²) in [4.78, 5) is 11.8. The van der Waals surface area contributed by atoms with Gasteiger partial charge in [-0.1, -0.05) is 25.5 Å². The number of anilines is 1. The number of benzene rings is 1. The summed E-state index contributed by atoms with van der Waals surface area (Å²) < 4.78 is 2.63. The number of nitrogens with two attached hydrogens (primary N) is 1. The molecule has 3 N–H and O–H groups in total. The maximum Gasteiger partial charge on any atom is 0.241 e. The van der Waals surface area contributed by atoms with Gasteiger partial charge >= 0.3 is 0 Å². The number of carbonyl (C=O) groups excluding carboxylic acids is 1. The minimum atomic E-state index is -0.480. The lowest BCUT2D eigenvalue weighted by molar-refractivity contribution is -0.117. The van der Waals surface area contributed by atoms with Crippen molar-refractivity contribution in [2.75, 3.05) is 5.32 Å². The maximum absolute atomic E-state index is 11.8. The Morgan fingerprint density at radius 2 is 2.19 bits per heavy atom. The van der Waals surface area contributed by atoms with Crippen LogP contribution in [0.25, 0.3) is 5.69 Å². The molecule has 0 aliphatic heterocycles. The maximum atomic E-state index is 11.8. The summed E-state index contributed by atoms with van der Waals surface area (Å²) in [5.74, 6) is -0.182. The fourth-order valence-corrected chi connectivity index (χ4v) is 2.30. The molecule has 5 nitrogen and oxygen atoms in total. The predicted octanol–water partition coefficient (Wildman–Crippen LogP) is 3.12. The van der Waals surface area contributed by atoms with E-state index in [0.29, 0.717) is 12.1 Å². The average Bonchev–Trinajstić information content (AvgIpc) is 2.87. The number of nitrogens with zero attached hydrogens (tertiary/aromatic N) is 2. The number of aromatic nitrogens is 2. The standard InChI is InChI=1S/C14H17BrN4O.ClH/c1-2-5-12(16)14(20)18-10-8-17-19(9-10)13-7-4-3-6-11(13)15;/h3-4,6-9,12H,2,5,16H2,1H3,(H,18,20);1H. The molecule has 1 heterocycles. The number of para-hydroxylation sites is 1. The number of hydrogen-bond acceptors (Lipinski definition) is 3. The van der Waals surface area contributed by atoms with Gasteiger partial charge < -0.3 is 11.1 Å². The normalized spacial score (nSPS) is 11.6. The summed E-state index contributed by atoms with van der Waals surface area (Å²) in [6, 6.07) is 7.25. The van der Waals surface area contributed by atoms with Crippen molar-refractivity contribution < 1.29 is 4.79 Å². The van der Waals surface area contributed by atoms with E-state index in [-0.39, 0.29) is 18.3 Å². The first-order chi connectivity index (χ1) is 9.61. The smallest absolute Gasteiger partial charge is 0.241 e. The highest BCUT2D eigenvalue weighted by atomic mass is 79.9. The van der Waals surface area contributed by atoms with Gasteiger partial charge in [0.05, 0.1) is 29.8 Å². The molecular formula is C14H18BrClN4O. The van der Waals surface area contributed by atoms with E-state index in [1.54, 1.807) is 17.1 Å². The fourth-order valence-electron chi connectivity index (χ4n) is 1.83. The van der Waals surface area contributed by atoms with E-state index in [0.717, 1.165) is 16.6 Å². The van der Waals surface area contributed by atoms with Crippen molar-refractivity contribution >= 4 is 39.9 Å². The van der Waals surface area contributed by atoms with Gasteiger partial charge in [-0.05, 0) is 34.5 Å². The molecule has 0 spiro atoms. The Bertz CT molecular complexity index is 602. The number of nitrogens with one attached hydrogen (secondary N) is 1. The third kappa shape index (κ3) is 4.56. The lowest BCUT2D eigenvalue weighted by Gasteiger charge is -2.09. The van der Waals surface area contributed by atoms with Gasteiger partial charge in [0.25, 0.3) is 0 Å². The second-order valence-electron chi connectivity index (χ2n) is 4.51. The highest BCUT2D eigenvalue weighted by Crippen LogP contribution is 2.21. The molecule has 1 unspecified atom stereocenters. The molecule has 0 fully saturated rings. The lowest BCUT2D eigenvalue weighted by Crippen LogP contribution is -2.35. The Kier molecular flexibility index (Phi) is 6.87. The molecule has 7 heteroatoms. The summed E-state index contributed by atoms with van der Waals surface area (Å²) in [7, 11) is 0. The Morgan fingerprint density at radius 3 is 2.86 bits per heavy atom. The van der Waals surface area contributed by atoms with E-state index in [9.17, 15) is 4.79 Å². The van der Waals surface area contributed by atoms with Crippen molar-refractivity contribution in [3.8, 4) is 5.69 Å². The van der Waals surface area contributed by atoms with Crippen LogP contribution in [0.1, 0.15) is 19.8 Å². The van der Waals surface area contributed by atoms with E-state index < -0.39 is 6.04 Å². The SMILES string of the molecule is CCCC(N)C(=O)Nc1cnn(-c2ccccc2Br)c1.Cl. The number of carbonyl (C=O) groups is 1. The van der Waals surface area contributed by atoms with Crippen LogP contribution >= 0.6 is 28.3 Å². The Labute approximate surface area is 138 Å². The minimum absolute atomic E-state index is 0. The van der Waals surface area contributed by atoms with Crippen LogP contribution in [-0.2, 0) is 4.79 Å². The molecule has 1 aromatic carbocycles. The van der Waals surface area contributed by atoms with Crippen LogP contribution in [0.3, 0.4) is 0 Å². The van der Waals surface area contributed by atoms with Crippen LogP contribution in [0.4, 0.5) is 5.69 Å². The number of rotatable bonds is 5. The second kappa shape index (κ2) is 8.17. The number of hydrogen-bond donors (Lipinski definition) is 2. The Balaban J connectivity index is 0.00000220. The molecule has 1 atom stereocenters. The zero-order valence-electron chi connectivity index (χ0n) is 11.6. The van der Waals surface area contributed by atoms with Gasteiger partial charge in [0.1, 0.15) is 0 Å². The van der Waals surface area contributed by atoms with Crippen molar-refractivity contribution in [2.45, 2.75) is 25.8 Å². The van der Waals surface area contributed by atoms with Crippen LogP contribution in [-0.4, -0.2) is 21.7 Å². The van der Waals surface area contributed by atoms with Gasteiger partial charge in [-0.3, -0.25) is 4.79 Å². The van der Waals surface area contributed by atoms with Crippen LogP contribution in [0.5, 0.6) is 0 Å². The van der Waals surface area contributed by atoms with E-state index in [1.165, 1.54) is 0 Å². The zero-order valence-corrected chi connectivity index (χ0v) is 14.0. The average molecular weight is 374 g/mol. The molecular weight excluding hydrogens is 356 g/mol. The molecule has 0 saturated carbocycles. The van der Waals surface area contributed by atoms with Crippen LogP contribution < -0.4 is 11.1 Å². The minimum Gasteiger partial charge on any atom is -0.322 e. The molecule has 0 saturated heterocycles. The van der Waals surface area contributed by atoms with Crippen molar-refractivity contribution in [2.24, 2.45) is 5.73 Å². The quantitative estimate of drug-likeness (QED) is 0.845. The molecule has 1 amide bonds. The van der Waals surface area contributed by atoms with Gasteiger partial charge in [-0.2, -0.15) is 5.10 Å². The molecule has 1 aromatic heterocycles. The Morgan fingerprint density at radius 1 is 1.48 bits per heavy atom. The predicted molar refractivity (Wildman–Crippen MR) is 90.0 cm³/mol. The van der Waals surface area contributed by atoms with Gasteiger partial charge in [0, 0.05) is 4.47 Å². The van der Waals surface area contributed by atoms with E-state index in [4.69, 9.17) is 5.73 Å². The zero-order chi connectivity index (χ0) is 14.5. The molecule has 0 radical (unpaired) electrons. The first-order valence-corrected chi connectivity index (χ1v) is 7.27. The highest BCUT2D eigenvalue weighted by molar-refractivity contribution is 9.10. The van der Waals surface area contributed by atoms with Crippen LogP contribution in [0.15, 0.2) is 41.1 Å². The first kappa shape index (κ1) is 17.7. The third-order valence-corrected chi connectivity index (χ3v) is 3.56. The van der Waals surface area contributed by atoms with Gasteiger partial charge in [0.15, 0.2) is 0 Å². The topological polar surface area (TPSA) is 72.9 Å². The van der Waals surface area contributed by atoms with E-state index in [1.807, 2.05) is 31.2 Å². The highest BCUT2D eigenvalue weighted by Gasteiger charge is 2.13. The number of halogens is 2. The lowest BCUT2D eigenvalue weighted by atomic mass is 10.2. The first-order valence-electron chi connectivity index (χ1n) is 6.48. The summed E-state index contributed by atoms with van der Waals surface area (Å²) >= 11 is 3.47. The van der Waals surface area contributed by atoms with Crippen LogP contribution in [0.2, 0.25) is 0 Å². The van der Waals surface area contributed by atoms with Gasteiger partial charge in [-0.25, -0.2) is 4.68 Å². The molecule has 0 aliphatic carbocycles. The van der Waals surface area contributed by atoms with Crippen molar-refractivity contribution in [1.29, 1.82) is 0 Å². The fraction of sp³-hybridized carbons (Fsp3) is 0.286. The molecule has 0 aliphatic rings. The second-order valence-corrected chi connectivity index (χ2v) is 5.36. The third-order valence-electron chi connectivity index (χ3n) is 2.89. The largest absolute Gasteiger partial charge is 0.322 e. The summed E-state index contributed by atoms with van der Waals surface area (Å²) in [5, 5.41) is 7.01. The monoisotopic (exact) mass is 372 g/mol. The molecule has 21 heavy (non-hydrogen) atoms. The van der Waals surface area contributed by atoms with Gasteiger partial charge in [0.2, 0.25) is 5.91 Å². The van der Waals surface area contributed by atoms with Crippen molar-refractivity contribution in [3.05, 3.63) is 41.1 Å². The van der Waals surface area contributed by atoms with E-state index in [2.05, 4.69) is 26.3 Å². The van der Waals surface area contributed by atoms with E-state index >= 15 is 0 Å². The molecule has 0 bridgehead atoms. The summed E-state index contributed by atoms with van der Waals surface area (Å²) in [5.41, 5.74) is 7.32. The van der Waals surface area contributed by atoms with Crippen LogP contribution in [0, 0.1) is 0 Å². The summed E-state index contributed by atoms with van der Waals surface area (Å²) in [6.07, 6.45) is 4.92. The molecule has 2 rings (SSSR count). The Hall–Kier alpha value is -1.37. The van der Waals surface area contributed by atoms with Crippen molar-refractivity contribution in [1.82, 2.24) is 9.78 Å². The summed E-state index contributed by atoms with van der Waals surface area (Å²) in [6.45, 7) is 2.00. The molecule has 2 aromatic rings. The van der Waals surface area contributed by atoms with Crippen molar-refractivity contribution in [3.63, 3.8) is 0 Å². The number of amides is 1.